The first kappa shape index (κ1) is 22.5. The van der Waals surface area contributed by atoms with Crippen LogP contribution < -0.4 is 14.4 Å². The van der Waals surface area contributed by atoms with Crippen molar-refractivity contribution in [1.82, 2.24) is 9.88 Å². The molecule has 3 aliphatic heterocycles. The lowest BCUT2D eigenvalue weighted by Gasteiger charge is -2.32. The maximum absolute atomic E-state index is 12.9. The Morgan fingerprint density at radius 2 is 2.06 bits per heavy atom. The van der Waals surface area contributed by atoms with Crippen LogP contribution in [-0.4, -0.2) is 62.4 Å². The van der Waals surface area contributed by atoms with Gasteiger partial charge in [-0.05, 0) is 55.4 Å². The van der Waals surface area contributed by atoms with Gasteiger partial charge < -0.3 is 24.0 Å². The van der Waals surface area contributed by atoms with Crippen molar-refractivity contribution in [3.63, 3.8) is 0 Å². The number of pyridine rings is 1. The quantitative estimate of drug-likeness (QED) is 0.674. The molecule has 0 bridgehead atoms. The molecule has 1 unspecified atom stereocenters. The lowest BCUT2D eigenvalue weighted by Crippen LogP contribution is -2.37. The van der Waals surface area contributed by atoms with E-state index in [-0.39, 0.29) is 5.92 Å². The van der Waals surface area contributed by atoms with Gasteiger partial charge in [-0.1, -0.05) is 6.07 Å². The third-order valence-corrected chi connectivity index (χ3v) is 7.04. The van der Waals surface area contributed by atoms with E-state index in [1.807, 2.05) is 12.1 Å². The first-order valence-corrected chi connectivity index (χ1v) is 12.0. The second-order valence-electron chi connectivity index (χ2n) is 9.19. The summed E-state index contributed by atoms with van der Waals surface area (Å²) in [6.07, 6.45) is 5.37. The van der Waals surface area contributed by atoms with Crippen molar-refractivity contribution in [2.24, 2.45) is 11.8 Å². The summed E-state index contributed by atoms with van der Waals surface area (Å²) in [6, 6.07) is 10.3. The summed E-state index contributed by atoms with van der Waals surface area (Å²) in [5, 5.41) is 9.47. The number of nitriles is 1. The molecule has 2 fully saturated rings. The van der Waals surface area contributed by atoms with Crippen molar-refractivity contribution >= 4 is 17.3 Å². The van der Waals surface area contributed by atoms with Crippen LogP contribution in [0.25, 0.3) is 0 Å². The van der Waals surface area contributed by atoms with Crippen LogP contribution in [0.2, 0.25) is 0 Å². The Kier molecular flexibility index (Phi) is 6.54. The van der Waals surface area contributed by atoms with Gasteiger partial charge in [0.1, 0.15) is 24.0 Å². The third-order valence-electron chi connectivity index (χ3n) is 7.04. The molecule has 1 aromatic heterocycles. The van der Waals surface area contributed by atoms with Gasteiger partial charge in [-0.2, -0.15) is 5.26 Å². The number of methoxy groups -OCH3 is 1. The van der Waals surface area contributed by atoms with Crippen molar-refractivity contribution in [2.75, 3.05) is 51.5 Å². The summed E-state index contributed by atoms with van der Waals surface area (Å²) in [4.78, 5) is 21.4. The molecule has 1 aromatic carbocycles. The smallest absolute Gasteiger partial charge is 0.231 e. The first-order chi connectivity index (χ1) is 16.7. The minimum Gasteiger partial charge on any atom is -0.490 e. The highest BCUT2D eigenvalue weighted by Crippen LogP contribution is 2.39. The van der Waals surface area contributed by atoms with E-state index in [0.29, 0.717) is 49.6 Å². The summed E-state index contributed by atoms with van der Waals surface area (Å²) < 4.78 is 16.5. The number of likely N-dealkylation sites (tertiary alicyclic amines) is 1. The number of carbonyl (C=O) groups excluding carboxylic acids is 1. The molecule has 2 saturated heterocycles. The van der Waals surface area contributed by atoms with Crippen molar-refractivity contribution in [2.45, 2.75) is 25.7 Å². The highest BCUT2D eigenvalue weighted by Gasteiger charge is 2.32. The highest BCUT2D eigenvalue weighted by atomic mass is 16.5. The molecule has 0 saturated carbocycles. The van der Waals surface area contributed by atoms with Crippen LogP contribution in [0.1, 0.15) is 30.4 Å². The Labute approximate surface area is 200 Å². The SMILES string of the molecule is COc1ncc(N2CCOc3ccc(CC4CCN(C(=O)C5CCOCC5)C4)cc32)cc1C#N. The molecule has 8 heteroatoms. The van der Waals surface area contributed by atoms with Crippen molar-refractivity contribution in [3.8, 4) is 17.7 Å². The molecule has 178 valence electrons. The predicted octanol–water partition coefficient (Wildman–Crippen LogP) is 3.31. The Balaban J connectivity index is 1.30. The second-order valence-corrected chi connectivity index (χ2v) is 9.19. The molecular weight excluding hydrogens is 432 g/mol. The molecule has 1 amide bonds. The number of rotatable bonds is 5. The molecule has 0 aliphatic carbocycles. The lowest BCUT2D eigenvalue weighted by molar-refractivity contribution is -0.137. The summed E-state index contributed by atoms with van der Waals surface area (Å²) in [5.41, 5.74) is 3.45. The second kappa shape index (κ2) is 9.90. The van der Waals surface area contributed by atoms with E-state index in [4.69, 9.17) is 14.2 Å². The van der Waals surface area contributed by atoms with Crippen molar-refractivity contribution < 1.29 is 19.0 Å². The van der Waals surface area contributed by atoms with Gasteiger partial charge in [0.05, 0.1) is 31.2 Å². The maximum Gasteiger partial charge on any atom is 0.231 e. The van der Waals surface area contributed by atoms with E-state index in [1.54, 1.807) is 6.20 Å². The van der Waals surface area contributed by atoms with Gasteiger partial charge in [0.2, 0.25) is 11.8 Å². The number of amides is 1. The number of ether oxygens (including phenoxy) is 3. The number of hydrogen-bond acceptors (Lipinski definition) is 7. The van der Waals surface area contributed by atoms with Gasteiger partial charge in [-0.25, -0.2) is 4.98 Å². The van der Waals surface area contributed by atoms with Gasteiger partial charge >= 0.3 is 0 Å². The molecule has 1 atom stereocenters. The number of aromatic nitrogens is 1. The fourth-order valence-corrected chi connectivity index (χ4v) is 5.23. The molecule has 3 aliphatic rings. The molecule has 5 rings (SSSR count). The number of carbonyl (C=O) groups is 1. The maximum atomic E-state index is 12.9. The third kappa shape index (κ3) is 4.53. The molecule has 0 radical (unpaired) electrons. The number of fused-ring (bicyclic) bond motifs is 1. The summed E-state index contributed by atoms with van der Waals surface area (Å²) in [6.45, 7) is 4.29. The van der Waals surface area contributed by atoms with E-state index in [9.17, 15) is 10.1 Å². The number of nitrogens with zero attached hydrogens (tertiary/aromatic N) is 4. The molecule has 0 spiro atoms. The zero-order valence-corrected chi connectivity index (χ0v) is 19.5. The normalized spacial score (nSPS) is 20.4. The van der Waals surface area contributed by atoms with Crippen molar-refractivity contribution in [3.05, 3.63) is 41.6 Å². The van der Waals surface area contributed by atoms with Gasteiger partial charge in [-0.3, -0.25) is 4.79 Å². The minimum atomic E-state index is 0.123. The van der Waals surface area contributed by atoms with Gasteiger partial charge in [-0.15, -0.1) is 0 Å². The monoisotopic (exact) mass is 462 g/mol. The Morgan fingerprint density at radius 3 is 2.85 bits per heavy atom. The Bertz CT molecular complexity index is 1090. The fourth-order valence-electron chi connectivity index (χ4n) is 5.23. The van der Waals surface area contributed by atoms with E-state index < -0.39 is 0 Å². The lowest BCUT2D eigenvalue weighted by atomic mass is 9.97. The molecule has 2 aromatic rings. The molecule has 4 heterocycles. The van der Waals surface area contributed by atoms with E-state index in [1.165, 1.54) is 12.7 Å². The predicted molar refractivity (Wildman–Crippen MR) is 126 cm³/mol. The summed E-state index contributed by atoms with van der Waals surface area (Å²) in [7, 11) is 1.51. The van der Waals surface area contributed by atoms with Crippen LogP contribution in [0.4, 0.5) is 11.4 Å². The average Bonchev–Trinajstić information content (AvgIpc) is 3.36. The van der Waals surface area contributed by atoms with Crippen LogP contribution in [0.15, 0.2) is 30.5 Å². The zero-order chi connectivity index (χ0) is 23.5. The van der Waals surface area contributed by atoms with Crippen LogP contribution >= 0.6 is 0 Å². The van der Waals surface area contributed by atoms with Crippen LogP contribution in [0, 0.1) is 23.2 Å². The van der Waals surface area contributed by atoms with E-state index >= 15 is 0 Å². The fraction of sp³-hybridized carbons (Fsp3) is 0.500. The average molecular weight is 463 g/mol. The zero-order valence-electron chi connectivity index (χ0n) is 19.5. The number of benzene rings is 1. The van der Waals surface area contributed by atoms with Gasteiger partial charge in [0, 0.05) is 32.2 Å². The Hall–Kier alpha value is -3.31. The molecule has 0 N–H and O–H groups in total. The van der Waals surface area contributed by atoms with Gasteiger partial charge in [0.15, 0.2) is 0 Å². The van der Waals surface area contributed by atoms with Crippen LogP contribution in [0.5, 0.6) is 11.6 Å². The van der Waals surface area contributed by atoms with Crippen LogP contribution in [0.3, 0.4) is 0 Å². The topological polar surface area (TPSA) is 87.9 Å². The molecule has 34 heavy (non-hydrogen) atoms. The van der Waals surface area contributed by atoms with Crippen LogP contribution in [-0.2, 0) is 16.0 Å². The van der Waals surface area contributed by atoms with Crippen molar-refractivity contribution in [1.29, 1.82) is 5.26 Å². The van der Waals surface area contributed by atoms with Gasteiger partial charge in [0.25, 0.3) is 0 Å². The van der Waals surface area contributed by atoms with E-state index in [2.05, 4.69) is 33.0 Å². The standard InChI is InChI=1S/C26H30N4O4/c1-32-25-21(15-27)14-22(16-28-25)30-8-11-34-24-3-2-18(13-23(24)30)12-19-4-7-29(17-19)26(31)20-5-9-33-10-6-20/h2-3,13-14,16,19-20H,4-12,17H2,1H3. The Morgan fingerprint density at radius 1 is 1.21 bits per heavy atom. The molecule has 8 nitrogen and oxygen atoms in total. The van der Waals surface area contributed by atoms with E-state index in [0.717, 1.165) is 55.9 Å². The highest BCUT2D eigenvalue weighted by molar-refractivity contribution is 5.79. The molecular formula is C26H30N4O4. The number of hydrogen-bond donors (Lipinski definition) is 0. The summed E-state index contributed by atoms with van der Waals surface area (Å²) in [5.74, 6) is 2.03. The largest absolute Gasteiger partial charge is 0.490 e. The number of anilines is 2. The minimum absolute atomic E-state index is 0.123. The first-order valence-electron chi connectivity index (χ1n) is 12.0. The summed E-state index contributed by atoms with van der Waals surface area (Å²) >= 11 is 0.